The van der Waals surface area contributed by atoms with E-state index in [0.29, 0.717) is 6.42 Å². The summed E-state index contributed by atoms with van der Waals surface area (Å²) in [6, 6.07) is 11.8. The normalized spacial score (nSPS) is 12.2. The fraction of sp³-hybridized carbons (Fsp3) is 0.250. The standard InChI is InChI=1S/C16H18BrClN2O/c1-10-3-4-11(15(18)7-10)8-16(20-19)13-9-12(21-2)5-6-14(13)17/h3-7,9,16,20H,8,19H2,1-2H3. The molecule has 0 saturated heterocycles. The average molecular weight is 370 g/mol. The Labute approximate surface area is 138 Å². The number of aryl methyl sites for hydroxylation is 1. The molecule has 0 fully saturated rings. The van der Waals surface area contributed by atoms with Crippen LogP contribution in [-0.2, 0) is 6.42 Å². The van der Waals surface area contributed by atoms with E-state index in [-0.39, 0.29) is 6.04 Å². The molecule has 0 aliphatic heterocycles. The summed E-state index contributed by atoms with van der Waals surface area (Å²) in [5.41, 5.74) is 6.09. The highest BCUT2D eigenvalue weighted by Gasteiger charge is 2.16. The molecule has 5 heteroatoms. The molecule has 0 amide bonds. The number of hydrazine groups is 1. The van der Waals surface area contributed by atoms with Gasteiger partial charge in [-0.1, -0.05) is 39.7 Å². The minimum Gasteiger partial charge on any atom is -0.497 e. The summed E-state index contributed by atoms with van der Waals surface area (Å²) in [7, 11) is 1.65. The highest BCUT2D eigenvalue weighted by atomic mass is 79.9. The van der Waals surface area contributed by atoms with E-state index in [9.17, 15) is 0 Å². The Morgan fingerprint density at radius 1 is 1.29 bits per heavy atom. The van der Waals surface area contributed by atoms with Crippen molar-refractivity contribution in [2.45, 2.75) is 19.4 Å². The van der Waals surface area contributed by atoms with Gasteiger partial charge in [-0.2, -0.15) is 0 Å². The van der Waals surface area contributed by atoms with Crippen molar-refractivity contribution in [3.63, 3.8) is 0 Å². The summed E-state index contributed by atoms with van der Waals surface area (Å²) < 4.78 is 6.26. The first-order chi connectivity index (χ1) is 10.0. The van der Waals surface area contributed by atoms with Crippen molar-refractivity contribution in [1.82, 2.24) is 5.43 Å². The van der Waals surface area contributed by atoms with Crippen molar-refractivity contribution in [1.29, 1.82) is 0 Å². The molecule has 0 radical (unpaired) electrons. The van der Waals surface area contributed by atoms with Crippen LogP contribution in [0.1, 0.15) is 22.7 Å². The van der Waals surface area contributed by atoms with Gasteiger partial charge in [0.15, 0.2) is 0 Å². The highest BCUT2D eigenvalue weighted by molar-refractivity contribution is 9.10. The van der Waals surface area contributed by atoms with Gasteiger partial charge in [0.25, 0.3) is 0 Å². The van der Waals surface area contributed by atoms with Gasteiger partial charge in [0, 0.05) is 9.50 Å². The summed E-state index contributed by atoms with van der Waals surface area (Å²) in [6.07, 6.45) is 0.696. The fourth-order valence-electron chi connectivity index (χ4n) is 2.21. The molecule has 21 heavy (non-hydrogen) atoms. The van der Waals surface area contributed by atoms with Crippen molar-refractivity contribution >= 4 is 27.5 Å². The van der Waals surface area contributed by atoms with Gasteiger partial charge in [0.1, 0.15) is 5.75 Å². The number of hydrogen-bond donors (Lipinski definition) is 2. The SMILES string of the molecule is COc1ccc(Br)c(C(Cc2ccc(C)cc2Cl)NN)c1. The van der Waals surface area contributed by atoms with Crippen molar-refractivity contribution in [2.75, 3.05) is 7.11 Å². The third-order valence-corrected chi connectivity index (χ3v) is 4.49. The molecule has 0 saturated carbocycles. The van der Waals surface area contributed by atoms with Gasteiger partial charge in [0.2, 0.25) is 0 Å². The van der Waals surface area contributed by atoms with Gasteiger partial charge < -0.3 is 4.74 Å². The van der Waals surface area contributed by atoms with Crippen LogP contribution in [0.15, 0.2) is 40.9 Å². The Kier molecular flexibility index (Phi) is 5.65. The molecule has 2 aromatic carbocycles. The van der Waals surface area contributed by atoms with Crippen LogP contribution in [0.5, 0.6) is 5.75 Å². The number of methoxy groups -OCH3 is 1. The molecule has 0 bridgehead atoms. The van der Waals surface area contributed by atoms with Crippen molar-refractivity contribution in [3.05, 3.63) is 62.6 Å². The molecule has 2 rings (SSSR count). The molecule has 0 heterocycles. The minimum absolute atomic E-state index is 0.0605. The number of benzene rings is 2. The first-order valence-corrected chi connectivity index (χ1v) is 7.77. The smallest absolute Gasteiger partial charge is 0.119 e. The first kappa shape index (κ1) is 16.3. The van der Waals surface area contributed by atoms with Crippen LogP contribution in [0.2, 0.25) is 5.02 Å². The predicted molar refractivity (Wildman–Crippen MR) is 90.7 cm³/mol. The van der Waals surface area contributed by atoms with Gasteiger partial charge in [0.05, 0.1) is 13.2 Å². The lowest BCUT2D eigenvalue weighted by Crippen LogP contribution is -2.30. The number of ether oxygens (including phenoxy) is 1. The number of halogens is 2. The minimum atomic E-state index is -0.0605. The van der Waals surface area contributed by atoms with Crippen LogP contribution >= 0.6 is 27.5 Å². The van der Waals surface area contributed by atoms with E-state index in [4.69, 9.17) is 22.2 Å². The Morgan fingerprint density at radius 3 is 2.67 bits per heavy atom. The van der Waals surface area contributed by atoms with Crippen LogP contribution in [0, 0.1) is 6.92 Å². The van der Waals surface area contributed by atoms with E-state index in [0.717, 1.165) is 31.9 Å². The summed E-state index contributed by atoms with van der Waals surface area (Å²) in [5.74, 6) is 6.53. The molecule has 0 aliphatic rings. The number of rotatable bonds is 5. The maximum absolute atomic E-state index is 6.31. The molecule has 0 spiro atoms. The van der Waals surface area contributed by atoms with E-state index in [1.54, 1.807) is 7.11 Å². The molecule has 3 nitrogen and oxygen atoms in total. The zero-order valence-corrected chi connectivity index (χ0v) is 14.3. The molecule has 1 unspecified atom stereocenters. The summed E-state index contributed by atoms with van der Waals surface area (Å²) in [5, 5.41) is 0.759. The van der Waals surface area contributed by atoms with E-state index < -0.39 is 0 Å². The maximum atomic E-state index is 6.31. The van der Waals surface area contributed by atoms with Crippen LogP contribution in [0.3, 0.4) is 0 Å². The van der Waals surface area contributed by atoms with E-state index >= 15 is 0 Å². The zero-order valence-electron chi connectivity index (χ0n) is 12.0. The summed E-state index contributed by atoms with van der Waals surface area (Å²) in [4.78, 5) is 0. The Morgan fingerprint density at radius 2 is 2.05 bits per heavy atom. The molecule has 0 aliphatic carbocycles. The number of nitrogens with one attached hydrogen (secondary N) is 1. The van der Waals surface area contributed by atoms with E-state index in [1.165, 1.54) is 0 Å². The first-order valence-electron chi connectivity index (χ1n) is 6.59. The van der Waals surface area contributed by atoms with Gasteiger partial charge in [-0.25, -0.2) is 0 Å². The van der Waals surface area contributed by atoms with Gasteiger partial charge in [-0.05, 0) is 54.3 Å². The van der Waals surface area contributed by atoms with Crippen molar-refractivity contribution < 1.29 is 4.74 Å². The largest absolute Gasteiger partial charge is 0.497 e. The molecular weight excluding hydrogens is 352 g/mol. The van der Waals surface area contributed by atoms with Crippen LogP contribution in [0.4, 0.5) is 0 Å². The van der Waals surface area contributed by atoms with E-state index in [2.05, 4.69) is 27.4 Å². The number of nitrogens with two attached hydrogens (primary N) is 1. The highest BCUT2D eigenvalue weighted by Crippen LogP contribution is 2.31. The van der Waals surface area contributed by atoms with E-state index in [1.807, 2.05) is 37.3 Å². The van der Waals surface area contributed by atoms with Crippen LogP contribution < -0.4 is 16.0 Å². The lowest BCUT2D eigenvalue weighted by atomic mass is 9.98. The summed E-state index contributed by atoms with van der Waals surface area (Å²) in [6.45, 7) is 2.02. The monoisotopic (exact) mass is 368 g/mol. The fourth-order valence-corrected chi connectivity index (χ4v) is 3.05. The molecule has 0 aromatic heterocycles. The predicted octanol–water partition coefficient (Wildman–Crippen LogP) is 4.17. The van der Waals surface area contributed by atoms with Crippen molar-refractivity contribution in [3.8, 4) is 5.75 Å². The lowest BCUT2D eigenvalue weighted by molar-refractivity contribution is 0.412. The second-order valence-corrected chi connectivity index (χ2v) is 6.17. The molecule has 3 N–H and O–H groups in total. The van der Waals surface area contributed by atoms with Gasteiger partial charge in [-0.3, -0.25) is 11.3 Å². The number of hydrogen-bond acceptors (Lipinski definition) is 3. The second-order valence-electron chi connectivity index (χ2n) is 4.91. The van der Waals surface area contributed by atoms with Crippen LogP contribution in [-0.4, -0.2) is 7.11 Å². The molecule has 1 atom stereocenters. The molecule has 112 valence electrons. The zero-order chi connectivity index (χ0) is 15.4. The Hall–Kier alpha value is -1.07. The maximum Gasteiger partial charge on any atom is 0.119 e. The molecular formula is C16H18BrClN2O. The third-order valence-electron chi connectivity index (χ3n) is 3.41. The third kappa shape index (κ3) is 3.98. The summed E-state index contributed by atoms with van der Waals surface area (Å²) >= 11 is 9.87. The Balaban J connectivity index is 2.31. The topological polar surface area (TPSA) is 47.3 Å². The molecule has 2 aromatic rings. The van der Waals surface area contributed by atoms with Gasteiger partial charge >= 0.3 is 0 Å². The van der Waals surface area contributed by atoms with Gasteiger partial charge in [-0.15, -0.1) is 0 Å². The Bertz CT molecular complexity index is 634. The van der Waals surface area contributed by atoms with Crippen LogP contribution in [0.25, 0.3) is 0 Å². The average Bonchev–Trinajstić information content (AvgIpc) is 2.47. The quantitative estimate of drug-likeness (QED) is 0.614. The second kappa shape index (κ2) is 7.27. The van der Waals surface area contributed by atoms with Crippen molar-refractivity contribution in [2.24, 2.45) is 5.84 Å². The lowest BCUT2D eigenvalue weighted by Gasteiger charge is -2.19.